The number of benzene rings is 1. The molecule has 5 heteroatoms. The molecule has 1 heterocycles. The van der Waals surface area contributed by atoms with Gasteiger partial charge in [-0.25, -0.2) is 9.37 Å². The third-order valence-electron chi connectivity index (χ3n) is 3.11. The second kappa shape index (κ2) is 6.83. The van der Waals surface area contributed by atoms with Gasteiger partial charge >= 0.3 is 0 Å². The molecule has 1 atom stereocenters. The first kappa shape index (κ1) is 15.0. The first-order valence-corrected chi connectivity index (χ1v) is 6.87. The highest BCUT2D eigenvalue weighted by molar-refractivity contribution is 5.98. The van der Waals surface area contributed by atoms with Crippen molar-refractivity contribution in [3.05, 3.63) is 59.5 Å². The van der Waals surface area contributed by atoms with Gasteiger partial charge in [0.15, 0.2) is 0 Å². The van der Waals surface area contributed by atoms with E-state index in [1.54, 1.807) is 30.5 Å². The van der Waals surface area contributed by atoms with Gasteiger partial charge in [0.05, 0.1) is 11.6 Å². The van der Waals surface area contributed by atoms with Crippen molar-refractivity contribution < 1.29 is 9.18 Å². The van der Waals surface area contributed by atoms with Gasteiger partial charge in [-0.15, -0.1) is 0 Å². The highest BCUT2D eigenvalue weighted by atomic mass is 19.1. The molecule has 2 rings (SSSR count). The van der Waals surface area contributed by atoms with Crippen molar-refractivity contribution in [3.8, 4) is 0 Å². The van der Waals surface area contributed by atoms with Crippen molar-refractivity contribution in [3.63, 3.8) is 0 Å². The second-order valence-corrected chi connectivity index (χ2v) is 4.68. The number of carbonyl (C=O) groups excluding carboxylic acids is 1. The Labute approximate surface area is 123 Å². The molecular weight excluding hydrogens is 269 g/mol. The summed E-state index contributed by atoms with van der Waals surface area (Å²) in [5.74, 6) is 0.0543. The van der Waals surface area contributed by atoms with Crippen LogP contribution in [0.5, 0.6) is 0 Å². The van der Waals surface area contributed by atoms with Crippen LogP contribution >= 0.6 is 0 Å². The molecule has 1 unspecified atom stereocenters. The van der Waals surface area contributed by atoms with Crippen LogP contribution < -0.4 is 10.6 Å². The van der Waals surface area contributed by atoms with Crippen LogP contribution in [0.3, 0.4) is 0 Å². The van der Waals surface area contributed by atoms with Crippen LogP contribution in [-0.4, -0.2) is 17.4 Å². The molecule has 0 aliphatic rings. The summed E-state index contributed by atoms with van der Waals surface area (Å²) in [7, 11) is 0. The molecule has 0 saturated carbocycles. The molecule has 0 saturated heterocycles. The van der Waals surface area contributed by atoms with Crippen molar-refractivity contribution in [1.29, 1.82) is 0 Å². The Kier molecular flexibility index (Phi) is 4.87. The van der Waals surface area contributed by atoms with Crippen LogP contribution in [0.2, 0.25) is 0 Å². The second-order valence-electron chi connectivity index (χ2n) is 4.68. The number of hydrogen-bond donors (Lipinski definition) is 2. The van der Waals surface area contributed by atoms with Gasteiger partial charge in [-0.1, -0.05) is 12.1 Å². The van der Waals surface area contributed by atoms with E-state index in [0.29, 0.717) is 17.9 Å². The quantitative estimate of drug-likeness (QED) is 0.888. The topological polar surface area (TPSA) is 54.0 Å². The summed E-state index contributed by atoms with van der Waals surface area (Å²) >= 11 is 0. The number of anilines is 1. The van der Waals surface area contributed by atoms with Crippen LogP contribution in [0, 0.1) is 5.82 Å². The van der Waals surface area contributed by atoms with Crippen molar-refractivity contribution in [2.45, 2.75) is 19.9 Å². The molecule has 0 fully saturated rings. The minimum Gasteiger partial charge on any atom is -0.370 e. The van der Waals surface area contributed by atoms with Crippen LogP contribution in [0.15, 0.2) is 42.6 Å². The average Bonchev–Trinajstić information content (AvgIpc) is 2.48. The standard InChI is InChI=1S/C16H18FN3O/c1-3-18-15-14(5-4-10-19-15)16(21)20-11(2)12-6-8-13(17)9-7-12/h4-11H,3H2,1-2H3,(H,18,19)(H,20,21). The molecule has 0 spiro atoms. The lowest BCUT2D eigenvalue weighted by molar-refractivity contribution is 0.0940. The third kappa shape index (κ3) is 3.78. The summed E-state index contributed by atoms with van der Waals surface area (Å²) in [6.45, 7) is 4.48. The van der Waals surface area contributed by atoms with Crippen LogP contribution in [0.1, 0.15) is 35.8 Å². The summed E-state index contributed by atoms with van der Waals surface area (Å²) in [6, 6.07) is 9.31. The highest BCUT2D eigenvalue weighted by Crippen LogP contribution is 2.16. The van der Waals surface area contributed by atoms with E-state index >= 15 is 0 Å². The average molecular weight is 287 g/mol. The monoisotopic (exact) mass is 287 g/mol. The number of carbonyl (C=O) groups is 1. The summed E-state index contributed by atoms with van der Waals surface area (Å²) in [6.07, 6.45) is 1.64. The molecule has 4 nitrogen and oxygen atoms in total. The smallest absolute Gasteiger partial charge is 0.255 e. The minimum atomic E-state index is -0.293. The molecular formula is C16H18FN3O. The molecule has 1 aromatic heterocycles. The van der Waals surface area contributed by atoms with E-state index < -0.39 is 0 Å². The number of halogens is 1. The number of pyridine rings is 1. The zero-order valence-corrected chi connectivity index (χ0v) is 12.1. The van der Waals surface area contributed by atoms with Gasteiger partial charge in [0, 0.05) is 12.7 Å². The highest BCUT2D eigenvalue weighted by Gasteiger charge is 2.15. The van der Waals surface area contributed by atoms with Gasteiger partial charge in [0.1, 0.15) is 11.6 Å². The van der Waals surface area contributed by atoms with E-state index in [1.165, 1.54) is 12.1 Å². The van der Waals surface area contributed by atoms with Crippen molar-refractivity contribution in [2.24, 2.45) is 0 Å². The lowest BCUT2D eigenvalue weighted by atomic mass is 10.1. The lowest BCUT2D eigenvalue weighted by Crippen LogP contribution is -2.27. The van der Waals surface area contributed by atoms with Crippen molar-refractivity contribution in [1.82, 2.24) is 10.3 Å². The third-order valence-corrected chi connectivity index (χ3v) is 3.11. The van der Waals surface area contributed by atoms with E-state index in [4.69, 9.17) is 0 Å². The summed E-state index contributed by atoms with van der Waals surface area (Å²) < 4.78 is 12.9. The number of amides is 1. The normalized spacial score (nSPS) is 11.8. The van der Waals surface area contributed by atoms with Gasteiger partial charge in [-0.05, 0) is 43.7 Å². The van der Waals surface area contributed by atoms with E-state index in [9.17, 15) is 9.18 Å². The predicted octanol–water partition coefficient (Wildman–Crippen LogP) is 3.14. The fourth-order valence-electron chi connectivity index (χ4n) is 2.01. The fraction of sp³-hybridized carbons (Fsp3) is 0.250. The maximum Gasteiger partial charge on any atom is 0.255 e. The summed E-state index contributed by atoms with van der Waals surface area (Å²) in [5, 5.41) is 5.95. The van der Waals surface area contributed by atoms with Gasteiger partial charge in [0.2, 0.25) is 0 Å². The molecule has 0 bridgehead atoms. The van der Waals surface area contributed by atoms with Crippen molar-refractivity contribution in [2.75, 3.05) is 11.9 Å². The number of aromatic nitrogens is 1. The van der Waals surface area contributed by atoms with E-state index in [2.05, 4.69) is 15.6 Å². The van der Waals surface area contributed by atoms with Crippen molar-refractivity contribution >= 4 is 11.7 Å². The fourth-order valence-corrected chi connectivity index (χ4v) is 2.01. The zero-order valence-electron chi connectivity index (χ0n) is 12.1. The molecule has 110 valence electrons. The van der Waals surface area contributed by atoms with Crippen LogP contribution in [0.25, 0.3) is 0 Å². The predicted molar refractivity (Wildman–Crippen MR) is 80.7 cm³/mol. The Morgan fingerprint density at radius 1 is 1.29 bits per heavy atom. The van der Waals surface area contributed by atoms with Gasteiger partial charge in [0.25, 0.3) is 5.91 Å². The SMILES string of the molecule is CCNc1ncccc1C(=O)NC(C)c1ccc(F)cc1. The Morgan fingerprint density at radius 3 is 2.67 bits per heavy atom. The minimum absolute atomic E-state index is 0.212. The Hall–Kier alpha value is -2.43. The molecule has 1 aromatic carbocycles. The first-order valence-electron chi connectivity index (χ1n) is 6.87. The Bertz CT molecular complexity index is 613. The molecule has 2 N–H and O–H groups in total. The molecule has 0 aliphatic carbocycles. The molecule has 0 radical (unpaired) electrons. The molecule has 1 amide bonds. The zero-order chi connectivity index (χ0) is 15.2. The number of nitrogens with one attached hydrogen (secondary N) is 2. The van der Waals surface area contributed by atoms with Crippen LogP contribution in [-0.2, 0) is 0 Å². The summed E-state index contributed by atoms with van der Waals surface area (Å²) in [5.41, 5.74) is 1.34. The van der Waals surface area contributed by atoms with Gasteiger partial charge in [-0.3, -0.25) is 4.79 Å². The largest absolute Gasteiger partial charge is 0.370 e. The lowest BCUT2D eigenvalue weighted by Gasteiger charge is -2.16. The van der Waals surface area contributed by atoms with E-state index in [0.717, 1.165) is 5.56 Å². The number of nitrogens with zero attached hydrogens (tertiary/aromatic N) is 1. The Balaban J connectivity index is 2.12. The van der Waals surface area contributed by atoms with E-state index in [-0.39, 0.29) is 17.8 Å². The van der Waals surface area contributed by atoms with Crippen LogP contribution in [0.4, 0.5) is 10.2 Å². The molecule has 2 aromatic rings. The maximum absolute atomic E-state index is 12.9. The van der Waals surface area contributed by atoms with E-state index in [1.807, 2.05) is 13.8 Å². The molecule has 21 heavy (non-hydrogen) atoms. The Morgan fingerprint density at radius 2 is 2.00 bits per heavy atom. The molecule has 0 aliphatic heterocycles. The number of rotatable bonds is 5. The number of hydrogen-bond acceptors (Lipinski definition) is 3. The van der Waals surface area contributed by atoms with Gasteiger partial charge in [-0.2, -0.15) is 0 Å². The first-order chi connectivity index (χ1) is 10.1. The summed E-state index contributed by atoms with van der Waals surface area (Å²) in [4.78, 5) is 16.5. The maximum atomic E-state index is 12.9. The van der Waals surface area contributed by atoms with Gasteiger partial charge < -0.3 is 10.6 Å².